The van der Waals surface area contributed by atoms with E-state index in [0.717, 1.165) is 33.3 Å². The van der Waals surface area contributed by atoms with Crippen LogP contribution < -0.4 is 10.5 Å². The molecule has 0 bridgehead atoms. The highest BCUT2D eigenvalue weighted by Gasteiger charge is 2.20. The van der Waals surface area contributed by atoms with Gasteiger partial charge in [0.1, 0.15) is 0 Å². The van der Waals surface area contributed by atoms with Crippen molar-refractivity contribution in [2.75, 3.05) is 4.90 Å². The fourth-order valence-electron chi connectivity index (χ4n) is 3.63. The van der Waals surface area contributed by atoms with Crippen LogP contribution in [0.25, 0.3) is 10.9 Å². The molecule has 4 aromatic rings. The van der Waals surface area contributed by atoms with Crippen LogP contribution in [0.5, 0.6) is 0 Å². The number of fused-ring (bicyclic) bond motifs is 1. The largest absolute Gasteiger partial charge is 0.321 e. The summed E-state index contributed by atoms with van der Waals surface area (Å²) >= 11 is 0. The third-order valence-corrected chi connectivity index (χ3v) is 5.56. The minimum absolute atomic E-state index is 0.136. The van der Waals surface area contributed by atoms with E-state index in [4.69, 9.17) is 0 Å². The van der Waals surface area contributed by atoms with Gasteiger partial charge in [0.2, 0.25) is 0 Å². The number of anilines is 1. The molecule has 0 aliphatic heterocycles. The number of amides is 1. The zero-order chi connectivity index (χ0) is 21.3. The van der Waals surface area contributed by atoms with Crippen molar-refractivity contribution in [3.8, 4) is 0 Å². The monoisotopic (exact) mass is 396 g/mol. The maximum atomic E-state index is 13.4. The molecule has 0 fully saturated rings. The molecule has 3 aromatic carbocycles. The zero-order valence-electron chi connectivity index (χ0n) is 17.4. The van der Waals surface area contributed by atoms with Gasteiger partial charge in [-0.25, -0.2) is 0 Å². The Hall–Kier alpha value is -3.66. The fraction of sp³-hybridized carbons (Fsp3) is 0.154. The van der Waals surface area contributed by atoms with Gasteiger partial charge in [0.25, 0.3) is 11.5 Å². The van der Waals surface area contributed by atoms with E-state index in [0.29, 0.717) is 11.1 Å². The molecule has 0 spiro atoms. The van der Waals surface area contributed by atoms with Crippen molar-refractivity contribution in [2.45, 2.75) is 27.3 Å². The molecule has 4 rings (SSSR count). The molecule has 4 nitrogen and oxygen atoms in total. The number of carbonyl (C=O) groups excluding carboxylic acids is 1. The van der Waals surface area contributed by atoms with Crippen molar-refractivity contribution in [3.63, 3.8) is 0 Å². The van der Waals surface area contributed by atoms with Crippen LogP contribution in [0.15, 0.2) is 77.6 Å². The molecule has 0 unspecified atom stereocenters. The van der Waals surface area contributed by atoms with Gasteiger partial charge < -0.3 is 9.88 Å². The standard InChI is InChI=1S/C26H24N2O2/c1-17-12-13-23(14-19(17)3)28(26(30)20-9-5-4-6-10-20)16-22-15-21-11-7-8-18(2)24(21)27-25(22)29/h4-15H,16H2,1-3H3,(H,27,29). The van der Waals surface area contributed by atoms with Crippen LogP contribution in [-0.2, 0) is 6.54 Å². The number of nitrogens with zero attached hydrogens (tertiary/aromatic N) is 1. The van der Waals surface area contributed by atoms with Gasteiger partial charge in [-0.15, -0.1) is 0 Å². The number of H-pyrrole nitrogens is 1. The van der Waals surface area contributed by atoms with Gasteiger partial charge in [-0.3, -0.25) is 9.59 Å². The van der Waals surface area contributed by atoms with E-state index in [1.54, 1.807) is 17.0 Å². The molecule has 0 saturated carbocycles. The van der Waals surface area contributed by atoms with Crippen molar-refractivity contribution in [2.24, 2.45) is 0 Å². The highest BCUT2D eigenvalue weighted by molar-refractivity contribution is 6.06. The van der Waals surface area contributed by atoms with Crippen LogP contribution >= 0.6 is 0 Å². The quantitative estimate of drug-likeness (QED) is 0.509. The molecule has 0 radical (unpaired) electrons. The van der Waals surface area contributed by atoms with Crippen LogP contribution in [0.2, 0.25) is 0 Å². The summed E-state index contributed by atoms with van der Waals surface area (Å²) in [5.41, 5.74) is 5.84. The first-order chi connectivity index (χ1) is 14.4. The van der Waals surface area contributed by atoms with Crippen LogP contribution in [0.1, 0.15) is 32.6 Å². The Labute approximate surface area is 175 Å². The first-order valence-electron chi connectivity index (χ1n) is 10.00. The summed E-state index contributed by atoms with van der Waals surface area (Å²) in [7, 11) is 0. The topological polar surface area (TPSA) is 53.2 Å². The molecule has 1 aromatic heterocycles. The maximum Gasteiger partial charge on any atom is 0.258 e. The van der Waals surface area contributed by atoms with Gasteiger partial charge in [-0.2, -0.15) is 0 Å². The summed E-state index contributed by atoms with van der Waals surface area (Å²) < 4.78 is 0. The number of para-hydroxylation sites is 1. The number of rotatable bonds is 4. The Balaban J connectivity index is 1.81. The Morgan fingerprint density at radius 3 is 2.33 bits per heavy atom. The molecule has 0 saturated heterocycles. The van der Waals surface area contributed by atoms with Gasteiger partial charge in [0, 0.05) is 16.8 Å². The van der Waals surface area contributed by atoms with E-state index in [-0.39, 0.29) is 18.0 Å². The number of carbonyl (C=O) groups is 1. The van der Waals surface area contributed by atoms with Gasteiger partial charge in [-0.1, -0.05) is 42.5 Å². The summed E-state index contributed by atoms with van der Waals surface area (Å²) in [6.45, 7) is 6.22. The normalized spacial score (nSPS) is 10.9. The maximum absolute atomic E-state index is 13.4. The SMILES string of the molecule is Cc1ccc(N(Cc2cc3cccc(C)c3[nH]c2=O)C(=O)c2ccccc2)cc1C. The molecule has 0 aliphatic rings. The molecular weight excluding hydrogens is 372 g/mol. The minimum Gasteiger partial charge on any atom is -0.321 e. The van der Waals surface area contributed by atoms with Crippen LogP contribution in [-0.4, -0.2) is 10.9 Å². The van der Waals surface area contributed by atoms with Crippen molar-refractivity contribution in [1.29, 1.82) is 0 Å². The van der Waals surface area contributed by atoms with E-state index < -0.39 is 0 Å². The Morgan fingerprint density at radius 1 is 0.833 bits per heavy atom. The summed E-state index contributed by atoms with van der Waals surface area (Å²) in [5, 5.41) is 0.955. The Bertz CT molecular complexity index is 1290. The number of hydrogen-bond acceptors (Lipinski definition) is 2. The number of aromatic nitrogens is 1. The van der Waals surface area contributed by atoms with Crippen molar-refractivity contribution in [3.05, 3.63) is 111 Å². The summed E-state index contributed by atoms with van der Waals surface area (Å²) in [6.07, 6.45) is 0. The lowest BCUT2D eigenvalue weighted by Gasteiger charge is -2.24. The Kier molecular flexibility index (Phi) is 5.23. The van der Waals surface area contributed by atoms with E-state index in [2.05, 4.69) is 4.98 Å². The lowest BCUT2D eigenvalue weighted by molar-refractivity contribution is 0.0985. The van der Waals surface area contributed by atoms with Gasteiger partial charge in [-0.05, 0) is 73.2 Å². The second-order valence-corrected chi connectivity index (χ2v) is 7.69. The predicted molar refractivity (Wildman–Crippen MR) is 122 cm³/mol. The second kappa shape index (κ2) is 7.99. The van der Waals surface area contributed by atoms with Crippen molar-refractivity contribution < 1.29 is 4.79 Å². The third-order valence-electron chi connectivity index (χ3n) is 5.56. The number of aryl methyl sites for hydroxylation is 3. The second-order valence-electron chi connectivity index (χ2n) is 7.69. The van der Waals surface area contributed by atoms with Crippen LogP contribution in [0.4, 0.5) is 5.69 Å². The highest BCUT2D eigenvalue weighted by Crippen LogP contribution is 2.24. The molecule has 0 atom stereocenters. The highest BCUT2D eigenvalue weighted by atomic mass is 16.2. The number of pyridine rings is 1. The summed E-state index contributed by atoms with van der Waals surface area (Å²) in [6, 6.07) is 22.9. The molecule has 0 aliphatic carbocycles. The molecule has 1 amide bonds. The van der Waals surface area contributed by atoms with Gasteiger partial charge in [0.05, 0.1) is 12.1 Å². The molecule has 30 heavy (non-hydrogen) atoms. The lowest BCUT2D eigenvalue weighted by atomic mass is 10.1. The number of hydrogen-bond donors (Lipinski definition) is 1. The average molecular weight is 396 g/mol. The molecule has 150 valence electrons. The number of benzene rings is 3. The third kappa shape index (κ3) is 3.77. The van der Waals surface area contributed by atoms with Gasteiger partial charge >= 0.3 is 0 Å². The van der Waals surface area contributed by atoms with E-state index in [1.165, 1.54) is 0 Å². The first-order valence-corrected chi connectivity index (χ1v) is 10.00. The minimum atomic E-state index is -0.175. The number of nitrogens with one attached hydrogen (secondary N) is 1. The van der Waals surface area contributed by atoms with Crippen LogP contribution in [0.3, 0.4) is 0 Å². The smallest absolute Gasteiger partial charge is 0.258 e. The van der Waals surface area contributed by atoms with E-state index in [1.807, 2.05) is 81.4 Å². The molecule has 1 N–H and O–H groups in total. The van der Waals surface area contributed by atoms with Crippen LogP contribution in [0, 0.1) is 20.8 Å². The van der Waals surface area contributed by atoms with E-state index in [9.17, 15) is 9.59 Å². The van der Waals surface area contributed by atoms with E-state index >= 15 is 0 Å². The molecule has 1 heterocycles. The summed E-state index contributed by atoms with van der Waals surface area (Å²) in [4.78, 5) is 30.9. The average Bonchev–Trinajstić information content (AvgIpc) is 2.75. The molecular formula is C26H24N2O2. The van der Waals surface area contributed by atoms with Crippen molar-refractivity contribution in [1.82, 2.24) is 4.98 Å². The fourth-order valence-corrected chi connectivity index (χ4v) is 3.63. The molecule has 4 heteroatoms. The predicted octanol–water partition coefficient (Wildman–Crippen LogP) is 5.30. The lowest BCUT2D eigenvalue weighted by Crippen LogP contribution is -2.33. The van der Waals surface area contributed by atoms with Gasteiger partial charge in [0.15, 0.2) is 0 Å². The first kappa shape index (κ1) is 19.6. The Morgan fingerprint density at radius 2 is 1.60 bits per heavy atom. The number of aromatic amines is 1. The van der Waals surface area contributed by atoms with Crippen molar-refractivity contribution >= 4 is 22.5 Å². The zero-order valence-corrected chi connectivity index (χ0v) is 17.4. The summed E-state index contributed by atoms with van der Waals surface area (Å²) in [5.74, 6) is -0.136.